The average Bonchev–Trinajstić information content (AvgIpc) is 2.19. The molecule has 0 saturated heterocycles. The van der Waals surface area contributed by atoms with Gasteiger partial charge < -0.3 is 10.3 Å². The van der Waals surface area contributed by atoms with Crippen molar-refractivity contribution in [1.29, 1.82) is 0 Å². The second kappa shape index (κ2) is 10.6. The van der Waals surface area contributed by atoms with Gasteiger partial charge in [-0.1, -0.05) is 13.8 Å². The van der Waals surface area contributed by atoms with Crippen molar-refractivity contribution in [3.63, 3.8) is 0 Å². The van der Waals surface area contributed by atoms with Crippen LogP contribution in [0.15, 0.2) is 0 Å². The Bertz CT molecular complexity index is 383. The van der Waals surface area contributed by atoms with E-state index in [0.717, 1.165) is 12.8 Å². The van der Waals surface area contributed by atoms with Gasteiger partial charge in [-0.25, -0.2) is 0 Å². The van der Waals surface area contributed by atoms with Gasteiger partial charge >= 0.3 is 51.9 Å². The zero-order valence-electron chi connectivity index (χ0n) is 12.4. The molecule has 1 N–H and O–H groups in total. The summed E-state index contributed by atoms with van der Waals surface area (Å²) < 4.78 is 36.9. The number of esters is 1. The van der Waals surface area contributed by atoms with Gasteiger partial charge in [-0.05, 0) is 18.8 Å². The molecule has 7 nitrogen and oxygen atoms in total. The second-order valence-corrected chi connectivity index (χ2v) is 5.16. The smallest absolute Gasteiger partial charge is 1.00 e. The molecule has 0 aromatic heterocycles. The summed E-state index contributed by atoms with van der Waals surface area (Å²) in [5.74, 6) is -1.28. The van der Waals surface area contributed by atoms with E-state index in [1.54, 1.807) is 0 Å². The number of ether oxygens (including phenoxy) is 1. The molecule has 0 aromatic rings. The summed E-state index contributed by atoms with van der Waals surface area (Å²) >= 11 is 0. The fourth-order valence-corrected chi connectivity index (χ4v) is 1.43. The molecule has 0 bridgehead atoms. The molecule has 0 aliphatic carbocycles. The summed E-state index contributed by atoms with van der Waals surface area (Å²) in [6.07, 6.45) is 0.926. The Kier molecular flexibility index (Phi) is 11.8. The van der Waals surface area contributed by atoms with Crippen LogP contribution in [0, 0.1) is 5.92 Å². The third-order valence-electron chi connectivity index (χ3n) is 1.92. The molecule has 108 valence electrons. The number of rotatable bonds is 8. The maximum Gasteiger partial charge on any atom is 1.00 e. The topological polar surface area (TPSA) is 107 Å². The Morgan fingerprint density at radius 3 is 2.21 bits per heavy atom. The van der Waals surface area contributed by atoms with E-state index < -0.39 is 28.8 Å². The van der Waals surface area contributed by atoms with Crippen LogP contribution >= 0.6 is 0 Å². The van der Waals surface area contributed by atoms with Gasteiger partial charge in [0.05, 0.1) is 19.4 Å². The number of hydrogen-bond acceptors (Lipinski definition) is 6. The van der Waals surface area contributed by atoms with Crippen molar-refractivity contribution in [2.45, 2.75) is 39.5 Å². The Balaban J connectivity index is -0.00000144. The summed E-state index contributed by atoms with van der Waals surface area (Å²) in [5, 5.41) is 0. The molecule has 0 rings (SSSR count). The minimum absolute atomic E-state index is 0. The minimum atomic E-state index is -4.80. The predicted octanol–water partition coefficient (Wildman–Crippen LogP) is -1.79. The Morgan fingerprint density at radius 2 is 1.74 bits per heavy atom. The van der Waals surface area contributed by atoms with Crippen LogP contribution in [0.4, 0.5) is 0 Å². The van der Waals surface area contributed by atoms with Crippen molar-refractivity contribution < 1.29 is 62.5 Å². The van der Waals surface area contributed by atoms with Gasteiger partial charge in [0.25, 0.3) is 0 Å². The first-order valence-electron chi connectivity index (χ1n) is 5.56. The van der Waals surface area contributed by atoms with E-state index in [4.69, 9.17) is 9.29 Å². The van der Waals surface area contributed by atoms with Crippen LogP contribution in [-0.4, -0.2) is 31.5 Å². The average molecular weight is 306 g/mol. The van der Waals surface area contributed by atoms with Crippen molar-refractivity contribution in [3.05, 3.63) is 0 Å². The second-order valence-electron chi connectivity index (χ2n) is 4.14. The summed E-state index contributed by atoms with van der Waals surface area (Å²) in [6, 6.07) is 0. The van der Waals surface area contributed by atoms with Gasteiger partial charge in [-0.2, -0.15) is 8.42 Å². The van der Waals surface area contributed by atoms with Gasteiger partial charge in [0.2, 0.25) is 0 Å². The molecule has 0 saturated carbocycles. The number of carbonyl (C=O) groups is 2. The normalized spacial score (nSPS) is 10.7. The molecule has 0 aliphatic rings. The van der Waals surface area contributed by atoms with Crippen molar-refractivity contribution in [1.82, 2.24) is 0 Å². The van der Waals surface area contributed by atoms with Gasteiger partial charge in [-0.15, -0.1) is 0 Å². The van der Waals surface area contributed by atoms with Gasteiger partial charge in [0, 0.05) is 0 Å². The van der Waals surface area contributed by atoms with Crippen LogP contribution in [0.3, 0.4) is 0 Å². The van der Waals surface area contributed by atoms with E-state index >= 15 is 0 Å². The SMILES string of the molecule is CC(C)CCCOC(=O)CCC(=O)OS(=O)(=O)O.[H-].[Na+]. The summed E-state index contributed by atoms with van der Waals surface area (Å²) in [6.45, 7) is 4.37. The van der Waals surface area contributed by atoms with Crippen LogP contribution in [-0.2, 0) is 28.9 Å². The molecule has 0 amide bonds. The molecule has 0 heterocycles. The maximum atomic E-state index is 11.1. The largest absolute Gasteiger partial charge is 1.00 e. The Labute approximate surface area is 136 Å². The molecule has 0 fully saturated rings. The van der Waals surface area contributed by atoms with E-state index in [2.05, 4.69) is 4.18 Å². The van der Waals surface area contributed by atoms with Crippen LogP contribution in [0.5, 0.6) is 0 Å². The molecule has 0 radical (unpaired) electrons. The number of hydrogen-bond donors (Lipinski definition) is 1. The zero-order chi connectivity index (χ0) is 14.2. The predicted molar refractivity (Wildman–Crippen MR) is 63.0 cm³/mol. The standard InChI is InChI=1S/C10H18O7S.Na.H/c1-8(2)4-3-7-16-9(11)5-6-10(12)17-18(13,14)15;;/h8H,3-7H2,1-2H3,(H,13,14,15);;/q;+1;-1. The molecule has 0 aromatic carbocycles. The van der Waals surface area contributed by atoms with E-state index in [-0.39, 0.29) is 44.0 Å². The fraction of sp³-hybridized carbons (Fsp3) is 0.800. The summed E-state index contributed by atoms with van der Waals surface area (Å²) in [5.41, 5.74) is 0. The zero-order valence-corrected chi connectivity index (χ0v) is 14.2. The van der Waals surface area contributed by atoms with Crippen molar-refractivity contribution in [3.8, 4) is 0 Å². The fourth-order valence-electron chi connectivity index (χ4n) is 1.11. The van der Waals surface area contributed by atoms with E-state index in [1.807, 2.05) is 13.8 Å². The maximum absolute atomic E-state index is 11.1. The minimum Gasteiger partial charge on any atom is -1.00 e. The molecule has 0 unspecified atom stereocenters. The third kappa shape index (κ3) is 15.8. The number of carbonyl (C=O) groups excluding carboxylic acids is 2. The quantitative estimate of drug-likeness (QED) is 0.244. The van der Waals surface area contributed by atoms with Crippen LogP contribution in [0.2, 0.25) is 0 Å². The van der Waals surface area contributed by atoms with E-state index in [9.17, 15) is 18.0 Å². The van der Waals surface area contributed by atoms with Crippen molar-refractivity contribution >= 4 is 22.3 Å². The first-order valence-corrected chi connectivity index (χ1v) is 6.92. The van der Waals surface area contributed by atoms with Crippen LogP contribution in [0.25, 0.3) is 0 Å². The summed E-state index contributed by atoms with van der Waals surface area (Å²) in [4.78, 5) is 21.9. The van der Waals surface area contributed by atoms with Gasteiger partial charge in [0.1, 0.15) is 0 Å². The van der Waals surface area contributed by atoms with Crippen LogP contribution in [0.1, 0.15) is 41.0 Å². The monoisotopic (exact) mass is 306 g/mol. The van der Waals surface area contributed by atoms with E-state index in [0.29, 0.717) is 5.92 Å². The molecule has 19 heavy (non-hydrogen) atoms. The van der Waals surface area contributed by atoms with Crippen LogP contribution < -0.4 is 29.6 Å². The molecule has 0 aliphatic heterocycles. The molecule has 9 heteroatoms. The van der Waals surface area contributed by atoms with Gasteiger partial charge in [0.15, 0.2) is 0 Å². The molecular weight excluding hydrogens is 287 g/mol. The summed E-state index contributed by atoms with van der Waals surface area (Å²) in [7, 11) is -4.80. The molecule has 0 spiro atoms. The first kappa shape index (κ1) is 21.2. The third-order valence-corrected chi connectivity index (χ3v) is 2.32. The molecule has 0 atom stereocenters. The van der Waals surface area contributed by atoms with E-state index in [1.165, 1.54) is 0 Å². The Hall–Kier alpha value is -0.150. The molecular formula is C10H19NaO7S. The van der Waals surface area contributed by atoms with Crippen molar-refractivity contribution in [2.75, 3.05) is 6.61 Å². The van der Waals surface area contributed by atoms with Gasteiger partial charge in [-0.3, -0.25) is 14.1 Å². The first-order chi connectivity index (χ1) is 8.20. The Morgan fingerprint density at radius 1 is 1.21 bits per heavy atom. The van der Waals surface area contributed by atoms with Crippen molar-refractivity contribution in [2.24, 2.45) is 5.92 Å².